The Morgan fingerprint density at radius 2 is 1.68 bits per heavy atom. The van der Waals surface area contributed by atoms with Gasteiger partial charge in [0, 0.05) is 30.3 Å². The molecular weight excluding hydrogens is 496 g/mol. The van der Waals surface area contributed by atoms with E-state index in [-0.39, 0.29) is 23.6 Å². The fraction of sp³-hybridized carbons (Fsp3) is 0.450. The number of hydrogen-bond donors (Lipinski definition) is 0. The summed E-state index contributed by atoms with van der Waals surface area (Å²) in [6.07, 6.45) is -9.46. The van der Waals surface area contributed by atoms with Gasteiger partial charge < -0.3 is 14.2 Å². The largest absolute Gasteiger partial charge is 0.439 e. The van der Waals surface area contributed by atoms with Gasteiger partial charge in [-0.15, -0.1) is 0 Å². The second-order valence-corrected chi connectivity index (χ2v) is 7.10. The molecule has 1 aromatic carbocycles. The highest BCUT2D eigenvalue weighted by atomic mass is 79.9. The smallest absolute Gasteiger partial charge is 0.430 e. The Balaban J connectivity index is 2.60. The van der Waals surface area contributed by atoms with Crippen LogP contribution >= 0.6 is 15.9 Å². The molecule has 0 saturated carbocycles. The summed E-state index contributed by atoms with van der Waals surface area (Å²) in [5.41, 5.74) is -4.67. The molecular formula is C20H20BrF6NO3. The molecule has 1 heterocycles. The van der Waals surface area contributed by atoms with Crippen LogP contribution in [0.15, 0.2) is 36.5 Å². The van der Waals surface area contributed by atoms with E-state index >= 15 is 0 Å². The minimum atomic E-state index is -5.79. The van der Waals surface area contributed by atoms with E-state index in [1.807, 2.05) is 0 Å². The molecule has 0 unspecified atom stereocenters. The maximum absolute atomic E-state index is 13.8. The monoisotopic (exact) mass is 515 g/mol. The Hall–Kier alpha value is -1.85. The third-order valence-corrected chi connectivity index (χ3v) is 4.99. The quantitative estimate of drug-likeness (QED) is 0.212. The summed E-state index contributed by atoms with van der Waals surface area (Å²) >= 11 is 3.28. The van der Waals surface area contributed by atoms with Gasteiger partial charge in [0.25, 0.3) is 5.60 Å². The first-order valence-corrected chi connectivity index (χ1v) is 10.2. The lowest BCUT2D eigenvalue weighted by Crippen LogP contribution is -2.56. The van der Waals surface area contributed by atoms with Gasteiger partial charge in [-0.3, -0.25) is 0 Å². The van der Waals surface area contributed by atoms with Crippen molar-refractivity contribution in [3.05, 3.63) is 53.2 Å². The van der Waals surface area contributed by atoms with Crippen molar-refractivity contribution < 1.29 is 40.6 Å². The Morgan fingerprint density at radius 3 is 2.23 bits per heavy atom. The summed E-state index contributed by atoms with van der Waals surface area (Å²) in [6.45, 7) is 0.534. The predicted molar refractivity (Wildman–Crippen MR) is 104 cm³/mol. The van der Waals surface area contributed by atoms with Crippen LogP contribution in [0.5, 0.6) is 11.6 Å². The number of aryl methyl sites for hydroxylation is 1. The summed E-state index contributed by atoms with van der Waals surface area (Å²) in [5, 5.41) is 0.517. The first kappa shape index (κ1) is 25.4. The highest BCUT2D eigenvalue weighted by molar-refractivity contribution is 9.08. The molecule has 2 aromatic rings. The SMILES string of the molecule is CCCc1cc(C(OCOC)(C(F)(F)F)C(F)(F)F)ccc1Oc1cc(CBr)ccn1. The lowest BCUT2D eigenvalue weighted by molar-refractivity contribution is -0.400. The summed E-state index contributed by atoms with van der Waals surface area (Å²) in [5.74, 6) is 0.269. The van der Waals surface area contributed by atoms with Crippen LogP contribution in [0.2, 0.25) is 0 Å². The van der Waals surface area contributed by atoms with Crippen molar-refractivity contribution in [1.82, 2.24) is 4.98 Å². The fourth-order valence-electron chi connectivity index (χ4n) is 2.95. The summed E-state index contributed by atoms with van der Waals surface area (Å²) in [7, 11) is 0.936. The van der Waals surface area contributed by atoms with Crippen LogP contribution in [0.25, 0.3) is 0 Å². The lowest BCUT2D eigenvalue weighted by Gasteiger charge is -2.37. The first-order valence-electron chi connectivity index (χ1n) is 9.08. The molecule has 0 N–H and O–H groups in total. The Kier molecular flexibility index (Phi) is 8.34. The number of halogens is 7. The summed E-state index contributed by atoms with van der Waals surface area (Å²) < 4.78 is 97.0. The normalized spacial score (nSPS) is 12.8. The molecule has 0 aliphatic heterocycles. The minimum absolute atomic E-state index is 0.106. The van der Waals surface area contributed by atoms with Gasteiger partial charge in [-0.05, 0) is 35.7 Å². The average Bonchev–Trinajstić information content (AvgIpc) is 2.68. The van der Waals surface area contributed by atoms with Crippen molar-refractivity contribution in [3.63, 3.8) is 0 Å². The molecule has 0 atom stereocenters. The molecule has 172 valence electrons. The highest BCUT2D eigenvalue weighted by Gasteiger charge is 2.73. The molecule has 0 bridgehead atoms. The van der Waals surface area contributed by atoms with Gasteiger partial charge in [-0.1, -0.05) is 35.3 Å². The maximum Gasteiger partial charge on any atom is 0.430 e. The second-order valence-electron chi connectivity index (χ2n) is 6.54. The fourth-order valence-corrected chi connectivity index (χ4v) is 3.30. The van der Waals surface area contributed by atoms with Gasteiger partial charge in [0.1, 0.15) is 12.5 Å². The Bertz CT molecular complexity index is 859. The van der Waals surface area contributed by atoms with Gasteiger partial charge in [-0.2, -0.15) is 26.3 Å². The van der Waals surface area contributed by atoms with Crippen molar-refractivity contribution >= 4 is 15.9 Å². The second kappa shape index (κ2) is 10.2. The molecule has 31 heavy (non-hydrogen) atoms. The predicted octanol–water partition coefficient (Wildman–Crippen LogP) is 6.66. The molecule has 0 saturated heterocycles. The Labute approximate surface area is 183 Å². The third-order valence-electron chi connectivity index (χ3n) is 4.35. The number of pyridine rings is 1. The number of methoxy groups -OCH3 is 1. The van der Waals surface area contributed by atoms with E-state index in [0.29, 0.717) is 17.8 Å². The Morgan fingerprint density at radius 1 is 1.00 bits per heavy atom. The minimum Gasteiger partial charge on any atom is -0.439 e. The van der Waals surface area contributed by atoms with E-state index in [2.05, 4.69) is 30.4 Å². The summed E-state index contributed by atoms with van der Waals surface area (Å²) in [4.78, 5) is 4.03. The number of benzene rings is 1. The molecule has 0 spiro atoms. The van der Waals surface area contributed by atoms with Crippen molar-refractivity contribution in [2.45, 2.75) is 43.0 Å². The van der Waals surface area contributed by atoms with Crippen LogP contribution in [0, 0.1) is 0 Å². The average molecular weight is 516 g/mol. The molecule has 0 amide bonds. The van der Waals surface area contributed by atoms with Crippen LogP contribution in [-0.2, 0) is 26.8 Å². The number of hydrogen-bond acceptors (Lipinski definition) is 4. The van der Waals surface area contributed by atoms with Gasteiger partial charge in [0.05, 0.1) is 0 Å². The number of alkyl halides is 7. The van der Waals surface area contributed by atoms with Crippen molar-refractivity contribution in [2.75, 3.05) is 13.9 Å². The van der Waals surface area contributed by atoms with Gasteiger partial charge in [0.2, 0.25) is 5.88 Å². The highest BCUT2D eigenvalue weighted by Crippen LogP contribution is 2.53. The van der Waals surface area contributed by atoms with E-state index < -0.39 is 30.3 Å². The molecule has 11 heteroatoms. The van der Waals surface area contributed by atoms with E-state index in [1.165, 1.54) is 6.20 Å². The molecule has 4 nitrogen and oxygen atoms in total. The topological polar surface area (TPSA) is 40.6 Å². The van der Waals surface area contributed by atoms with Crippen molar-refractivity contribution in [1.29, 1.82) is 0 Å². The molecule has 2 rings (SSSR count). The van der Waals surface area contributed by atoms with Crippen molar-refractivity contribution in [3.8, 4) is 11.6 Å². The molecule has 1 aromatic heterocycles. The van der Waals surface area contributed by atoms with Crippen molar-refractivity contribution in [2.24, 2.45) is 0 Å². The number of rotatable bonds is 9. The van der Waals surface area contributed by atoms with Gasteiger partial charge in [-0.25, -0.2) is 4.98 Å². The summed E-state index contributed by atoms with van der Waals surface area (Å²) in [6, 6.07) is 5.90. The standard InChI is InChI=1S/C20H20BrF6NO3/c1-3-4-14-10-15(18(19(22,23)24,20(25,26)27)30-12-29-2)5-6-16(14)31-17-9-13(11-21)7-8-28-17/h5-10H,3-4,11-12H2,1-2H3. The number of aromatic nitrogens is 1. The molecule has 0 fully saturated rings. The van der Waals surface area contributed by atoms with Crippen LogP contribution in [-0.4, -0.2) is 31.2 Å². The van der Waals surface area contributed by atoms with Crippen LogP contribution in [0.4, 0.5) is 26.3 Å². The first-order chi connectivity index (χ1) is 14.5. The van der Waals surface area contributed by atoms with E-state index in [1.54, 1.807) is 19.1 Å². The number of ether oxygens (including phenoxy) is 3. The van der Waals surface area contributed by atoms with Crippen LogP contribution in [0.3, 0.4) is 0 Å². The zero-order valence-corrected chi connectivity index (χ0v) is 18.2. The zero-order chi connectivity index (χ0) is 23.3. The van der Waals surface area contributed by atoms with E-state index in [0.717, 1.165) is 24.8 Å². The lowest BCUT2D eigenvalue weighted by atomic mass is 9.89. The zero-order valence-electron chi connectivity index (χ0n) is 16.6. The number of nitrogens with zero attached hydrogens (tertiary/aromatic N) is 1. The molecule has 0 radical (unpaired) electrons. The van der Waals surface area contributed by atoms with Crippen LogP contribution in [0.1, 0.15) is 30.0 Å². The third kappa shape index (κ3) is 5.50. The van der Waals surface area contributed by atoms with Gasteiger partial charge in [0.15, 0.2) is 0 Å². The molecule has 0 aliphatic carbocycles. The van der Waals surface area contributed by atoms with E-state index in [4.69, 9.17) is 4.74 Å². The van der Waals surface area contributed by atoms with E-state index in [9.17, 15) is 26.3 Å². The maximum atomic E-state index is 13.8. The van der Waals surface area contributed by atoms with Gasteiger partial charge >= 0.3 is 12.4 Å². The van der Waals surface area contributed by atoms with Crippen LogP contribution < -0.4 is 4.74 Å². The molecule has 0 aliphatic rings.